The molecule has 1 fully saturated rings. The lowest BCUT2D eigenvalue weighted by molar-refractivity contribution is 0.0699. The first-order valence-corrected chi connectivity index (χ1v) is 8.37. The Kier molecular flexibility index (Phi) is 5.07. The molecule has 0 atom stereocenters. The number of furan rings is 1. The summed E-state index contributed by atoms with van der Waals surface area (Å²) in [4.78, 5) is 28.8. The van der Waals surface area contributed by atoms with Gasteiger partial charge in [0.15, 0.2) is 5.76 Å². The topological polar surface area (TPSA) is 63.0 Å². The Morgan fingerprint density at radius 1 is 1.04 bits per heavy atom. The van der Waals surface area contributed by atoms with E-state index >= 15 is 0 Å². The van der Waals surface area contributed by atoms with E-state index in [0.717, 1.165) is 12.0 Å². The first-order valence-electron chi connectivity index (χ1n) is 8.37. The molecule has 0 N–H and O–H groups in total. The van der Waals surface area contributed by atoms with Crippen LogP contribution >= 0.6 is 0 Å². The molecule has 0 bridgehead atoms. The molecule has 1 aromatic heterocycles. The number of amides is 2. The van der Waals surface area contributed by atoms with Crippen LogP contribution in [0.15, 0.2) is 41.0 Å². The van der Waals surface area contributed by atoms with Crippen molar-refractivity contribution in [3.8, 4) is 5.75 Å². The fraction of sp³-hybridized carbons (Fsp3) is 0.368. The molecule has 25 heavy (non-hydrogen) atoms. The van der Waals surface area contributed by atoms with E-state index < -0.39 is 0 Å². The number of hydrogen-bond acceptors (Lipinski definition) is 4. The number of rotatable bonds is 3. The third-order valence-electron chi connectivity index (χ3n) is 4.39. The number of hydrogen-bond donors (Lipinski definition) is 0. The molecule has 0 unspecified atom stereocenters. The van der Waals surface area contributed by atoms with Crippen LogP contribution in [-0.4, -0.2) is 54.9 Å². The molecule has 1 aliphatic heterocycles. The summed E-state index contributed by atoms with van der Waals surface area (Å²) in [5.74, 6) is 0.712. The lowest BCUT2D eigenvalue weighted by Crippen LogP contribution is -2.37. The number of methoxy groups -OCH3 is 1. The smallest absolute Gasteiger partial charge is 0.289 e. The molecule has 6 heteroatoms. The van der Waals surface area contributed by atoms with Gasteiger partial charge in [-0.05, 0) is 37.6 Å². The monoisotopic (exact) mass is 342 g/mol. The van der Waals surface area contributed by atoms with E-state index in [1.807, 2.05) is 25.1 Å². The van der Waals surface area contributed by atoms with Crippen molar-refractivity contribution < 1.29 is 18.7 Å². The predicted octanol–water partition coefficient (Wildman–Crippen LogP) is 2.58. The van der Waals surface area contributed by atoms with Crippen molar-refractivity contribution in [3.05, 3.63) is 53.5 Å². The molecule has 132 valence electrons. The molecular formula is C19H22N2O4. The molecule has 1 saturated heterocycles. The Hall–Kier alpha value is -2.76. The lowest BCUT2D eigenvalue weighted by Gasteiger charge is -2.22. The molecule has 0 radical (unpaired) electrons. The molecule has 2 heterocycles. The van der Waals surface area contributed by atoms with Gasteiger partial charge in [0.2, 0.25) is 0 Å². The average molecular weight is 342 g/mol. The summed E-state index contributed by atoms with van der Waals surface area (Å²) in [6.07, 6.45) is 2.22. The average Bonchev–Trinajstić information content (AvgIpc) is 3.05. The highest BCUT2D eigenvalue weighted by Crippen LogP contribution is 2.22. The van der Waals surface area contributed by atoms with Crippen molar-refractivity contribution in [1.82, 2.24) is 9.80 Å². The van der Waals surface area contributed by atoms with Crippen molar-refractivity contribution in [2.45, 2.75) is 13.3 Å². The Labute approximate surface area is 147 Å². The summed E-state index contributed by atoms with van der Waals surface area (Å²) in [6.45, 7) is 4.14. The summed E-state index contributed by atoms with van der Waals surface area (Å²) in [5.41, 5.74) is 1.57. The molecule has 2 aromatic rings. The SMILES string of the molecule is COc1ccc(C)cc1C(=O)N1CCCN(C(=O)c2ccco2)CC1. The predicted molar refractivity (Wildman–Crippen MR) is 92.9 cm³/mol. The number of benzene rings is 1. The van der Waals surface area contributed by atoms with Gasteiger partial charge in [0.05, 0.1) is 18.9 Å². The van der Waals surface area contributed by atoms with E-state index in [1.165, 1.54) is 6.26 Å². The van der Waals surface area contributed by atoms with Crippen LogP contribution in [0.2, 0.25) is 0 Å². The van der Waals surface area contributed by atoms with Crippen LogP contribution < -0.4 is 4.74 Å². The van der Waals surface area contributed by atoms with Gasteiger partial charge in [0, 0.05) is 26.2 Å². The van der Waals surface area contributed by atoms with Gasteiger partial charge >= 0.3 is 0 Å². The van der Waals surface area contributed by atoms with E-state index in [-0.39, 0.29) is 11.8 Å². The van der Waals surface area contributed by atoms with Crippen LogP contribution in [0, 0.1) is 6.92 Å². The summed E-state index contributed by atoms with van der Waals surface area (Å²) >= 11 is 0. The van der Waals surface area contributed by atoms with Crippen LogP contribution in [-0.2, 0) is 0 Å². The Balaban J connectivity index is 1.72. The fourth-order valence-electron chi connectivity index (χ4n) is 3.04. The maximum Gasteiger partial charge on any atom is 0.289 e. The molecule has 0 saturated carbocycles. The maximum atomic E-state index is 12.9. The highest BCUT2D eigenvalue weighted by Gasteiger charge is 2.26. The Morgan fingerprint density at radius 2 is 1.76 bits per heavy atom. The quantitative estimate of drug-likeness (QED) is 0.860. The van der Waals surface area contributed by atoms with Crippen molar-refractivity contribution in [2.24, 2.45) is 0 Å². The Morgan fingerprint density at radius 3 is 2.40 bits per heavy atom. The molecule has 2 amide bonds. The van der Waals surface area contributed by atoms with Gasteiger partial charge in [-0.2, -0.15) is 0 Å². The minimum absolute atomic E-state index is 0.0622. The summed E-state index contributed by atoms with van der Waals surface area (Å²) in [7, 11) is 1.56. The van der Waals surface area contributed by atoms with Gasteiger partial charge in [-0.3, -0.25) is 9.59 Å². The van der Waals surface area contributed by atoms with Crippen molar-refractivity contribution >= 4 is 11.8 Å². The first kappa shape index (κ1) is 17.1. The van der Waals surface area contributed by atoms with Crippen molar-refractivity contribution in [3.63, 3.8) is 0 Å². The number of carbonyl (C=O) groups is 2. The summed E-state index contributed by atoms with van der Waals surface area (Å²) in [5, 5.41) is 0. The van der Waals surface area contributed by atoms with Crippen molar-refractivity contribution in [2.75, 3.05) is 33.3 Å². The molecule has 0 aliphatic carbocycles. The third-order valence-corrected chi connectivity index (χ3v) is 4.39. The fourth-order valence-corrected chi connectivity index (χ4v) is 3.04. The van der Waals surface area contributed by atoms with E-state index in [1.54, 1.807) is 29.0 Å². The molecule has 1 aromatic carbocycles. The van der Waals surface area contributed by atoms with Gasteiger partial charge in [-0.25, -0.2) is 0 Å². The van der Waals surface area contributed by atoms with Crippen LogP contribution in [0.3, 0.4) is 0 Å². The van der Waals surface area contributed by atoms with Crippen LogP contribution in [0.1, 0.15) is 32.9 Å². The number of ether oxygens (including phenoxy) is 1. The van der Waals surface area contributed by atoms with Gasteiger partial charge < -0.3 is 19.0 Å². The van der Waals surface area contributed by atoms with Crippen molar-refractivity contribution in [1.29, 1.82) is 0 Å². The zero-order valence-corrected chi connectivity index (χ0v) is 14.5. The second-order valence-corrected chi connectivity index (χ2v) is 6.12. The normalized spacial score (nSPS) is 15.0. The summed E-state index contributed by atoms with van der Waals surface area (Å²) < 4.78 is 10.5. The zero-order valence-electron chi connectivity index (χ0n) is 14.5. The minimum Gasteiger partial charge on any atom is -0.496 e. The van der Waals surface area contributed by atoms with E-state index in [9.17, 15) is 9.59 Å². The van der Waals surface area contributed by atoms with E-state index in [2.05, 4.69) is 0 Å². The minimum atomic E-state index is -0.132. The second-order valence-electron chi connectivity index (χ2n) is 6.12. The lowest BCUT2D eigenvalue weighted by atomic mass is 10.1. The number of nitrogens with zero attached hydrogens (tertiary/aromatic N) is 2. The largest absolute Gasteiger partial charge is 0.496 e. The third kappa shape index (κ3) is 3.68. The number of carbonyl (C=O) groups excluding carboxylic acids is 2. The zero-order chi connectivity index (χ0) is 17.8. The highest BCUT2D eigenvalue weighted by atomic mass is 16.5. The van der Waals surface area contributed by atoms with Gasteiger partial charge in [-0.1, -0.05) is 11.6 Å². The van der Waals surface area contributed by atoms with Crippen LogP contribution in [0.4, 0.5) is 0 Å². The highest BCUT2D eigenvalue weighted by molar-refractivity contribution is 5.97. The maximum absolute atomic E-state index is 12.9. The number of aryl methyl sites for hydroxylation is 1. The van der Waals surface area contributed by atoms with E-state index in [4.69, 9.17) is 9.15 Å². The van der Waals surface area contributed by atoms with Crippen LogP contribution in [0.5, 0.6) is 5.75 Å². The first-order chi connectivity index (χ1) is 12.1. The molecule has 6 nitrogen and oxygen atoms in total. The van der Waals surface area contributed by atoms with Crippen LogP contribution in [0.25, 0.3) is 0 Å². The Bertz CT molecular complexity index is 755. The van der Waals surface area contributed by atoms with Gasteiger partial charge in [0.25, 0.3) is 11.8 Å². The van der Waals surface area contributed by atoms with E-state index in [0.29, 0.717) is 43.3 Å². The van der Waals surface area contributed by atoms with Gasteiger partial charge in [-0.15, -0.1) is 0 Å². The van der Waals surface area contributed by atoms with Gasteiger partial charge in [0.1, 0.15) is 5.75 Å². The molecule has 0 spiro atoms. The second kappa shape index (κ2) is 7.42. The molecule has 1 aliphatic rings. The molecular weight excluding hydrogens is 320 g/mol. The standard InChI is InChI=1S/C19H22N2O4/c1-14-6-7-16(24-2)15(13-14)18(22)20-8-4-9-21(11-10-20)19(23)17-5-3-12-25-17/h3,5-7,12-13H,4,8-11H2,1-2H3. The summed E-state index contributed by atoms with van der Waals surface area (Å²) in [6, 6.07) is 8.94. The molecule has 3 rings (SSSR count).